The molecule has 1 aliphatic heterocycles. The number of hydrogen-bond donors (Lipinski definition) is 1. The molecular weight excluding hydrogens is 370 g/mol. The van der Waals surface area contributed by atoms with Crippen molar-refractivity contribution in [2.75, 3.05) is 38.2 Å². The van der Waals surface area contributed by atoms with Crippen molar-refractivity contribution in [2.24, 2.45) is 0 Å². The predicted octanol–water partition coefficient (Wildman–Crippen LogP) is 1.80. The minimum Gasteiger partial charge on any atom is -0.497 e. The molecule has 4 rings (SSSR count). The number of pyridine rings is 1. The van der Waals surface area contributed by atoms with Gasteiger partial charge in [-0.15, -0.1) is 0 Å². The molecule has 148 valence electrons. The van der Waals surface area contributed by atoms with Crippen LogP contribution in [0.1, 0.15) is 10.5 Å². The van der Waals surface area contributed by atoms with Gasteiger partial charge in [0.15, 0.2) is 0 Å². The molecule has 8 heteroatoms. The van der Waals surface area contributed by atoms with Crippen LogP contribution < -0.4 is 15.3 Å². The standard InChI is InChI=1S/C21H21N5O3/c1-29-16-7-5-15(6-8-16)17-14-18(24-21(28)23-17)20(27)26-12-10-25(11-13-26)19-4-2-3-9-22-19/h2-9,14H,10-13H2,1H3,(H,23,24,28). The first-order chi connectivity index (χ1) is 14.1. The molecule has 3 heterocycles. The van der Waals surface area contributed by atoms with Gasteiger partial charge in [0.25, 0.3) is 5.91 Å². The summed E-state index contributed by atoms with van der Waals surface area (Å²) in [4.78, 5) is 39.8. The van der Waals surface area contributed by atoms with Gasteiger partial charge in [-0.25, -0.2) is 9.78 Å². The summed E-state index contributed by atoms with van der Waals surface area (Å²) in [6.45, 7) is 2.47. The summed E-state index contributed by atoms with van der Waals surface area (Å²) < 4.78 is 5.15. The average Bonchev–Trinajstić information content (AvgIpc) is 2.79. The minimum atomic E-state index is -0.547. The largest absolute Gasteiger partial charge is 0.497 e. The van der Waals surface area contributed by atoms with Crippen molar-refractivity contribution in [1.82, 2.24) is 19.9 Å². The van der Waals surface area contributed by atoms with Crippen LogP contribution in [0, 0.1) is 0 Å². The Bertz CT molecular complexity index is 1040. The third kappa shape index (κ3) is 4.11. The lowest BCUT2D eigenvalue weighted by molar-refractivity contribution is 0.0740. The fraction of sp³-hybridized carbons (Fsp3) is 0.238. The second kappa shape index (κ2) is 8.14. The van der Waals surface area contributed by atoms with E-state index >= 15 is 0 Å². The van der Waals surface area contributed by atoms with E-state index in [1.807, 2.05) is 18.2 Å². The Morgan fingerprint density at radius 3 is 2.48 bits per heavy atom. The molecule has 0 bridgehead atoms. The third-order valence-electron chi connectivity index (χ3n) is 4.90. The lowest BCUT2D eigenvalue weighted by Crippen LogP contribution is -2.49. The number of ether oxygens (including phenoxy) is 1. The zero-order valence-corrected chi connectivity index (χ0v) is 16.0. The number of rotatable bonds is 4. The quantitative estimate of drug-likeness (QED) is 0.729. The number of nitrogens with zero attached hydrogens (tertiary/aromatic N) is 4. The van der Waals surface area contributed by atoms with Crippen LogP contribution in [0.5, 0.6) is 5.75 Å². The third-order valence-corrected chi connectivity index (χ3v) is 4.90. The molecule has 1 aliphatic rings. The number of nitrogens with one attached hydrogen (secondary N) is 1. The fourth-order valence-electron chi connectivity index (χ4n) is 3.33. The zero-order valence-electron chi connectivity index (χ0n) is 16.0. The summed E-state index contributed by atoms with van der Waals surface area (Å²) in [5, 5.41) is 0. The number of carbonyl (C=O) groups is 1. The summed E-state index contributed by atoms with van der Waals surface area (Å²) in [6, 6.07) is 14.6. The molecule has 1 fully saturated rings. The topological polar surface area (TPSA) is 91.4 Å². The average molecular weight is 391 g/mol. The van der Waals surface area contributed by atoms with Gasteiger partial charge >= 0.3 is 5.69 Å². The first kappa shape index (κ1) is 18.7. The lowest BCUT2D eigenvalue weighted by Gasteiger charge is -2.35. The van der Waals surface area contributed by atoms with E-state index in [1.54, 1.807) is 48.5 Å². The number of methoxy groups -OCH3 is 1. The SMILES string of the molecule is COc1ccc(-c2cc(C(=O)N3CCN(c4ccccn4)CC3)[nH]c(=O)n2)cc1. The number of piperazine rings is 1. The molecule has 3 aromatic rings. The molecule has 0 unspecified atom stereocenters. The van der Waals surface area contributed by atoms with Gasteiger partial charge in [0.1, 0.15) is 17.3 Å². The summed E-state index contributed by atoms with van der Waals surface area (Å²) in [6.07, 6.45) is 1.76. The molecule has 0 atom stereocenters. The molecule has 8 nitrogen and oxygen atoms in total. The van der Waals surface area contributed by atoms with Crippen molar-refractivity contribution < 1.29 is 9.53 Å². The van der Waals surface area contributed by atoms with Crippen LogP contribution in [0.2, 0.25) is 0 Å². The van der Waals surface area contributed by atoms with E-state index in [9.17, 15) is 9.59 Å². The lowest BCUT2D eigenvalue weighted by atomic mass is 10.1. The second-order valence-corrected chi connectivity index (χ2v) is 6.68. The maximum Gasteiger partial charge on any atom is 0.346 e. The number of aromatic nitrogens is 3. The van der Waals surface area contributed by atoms with Crippen molar-refractivity contribution in [3.63, 3.8) is 0 Å². The first-order valence-electron chi connectivity index (χ1n) is 9.35. The molecule has 1 saturated heterocycles. The van der Waals surface area contributed by atoms with Crippen molar-refractivity contribution in [1.29, 1.82) is 0 Å². The molecule has 1 N–H and O–H groups in total. The number of carbonyl (C=O) groups excluding carboxylic acids is 1. The Kier molecular flexibility index (Phi) is 5.24. The van der Waals surface area contributed by atoms with Crippen LogP contribution in [-0.4, -0.2) is 59.0 Å². The summed E-state index contributed by atoms with van der Waals surface area (Å²) in [5.41, 5.74) is 0.883. The van der Waals surface area contributed by atoms with Gasteiger partial charge < -0.3 is 19.5 Å². The van der Waals surface area contributed by atoms with E-state index in [-0.39, 0.29) is 11.6 Å². The van der Waals surface area contributed by atoms with E-state index in [4.69, 9.17) is 4.74 Å². The summed E-state index contributed by atoms with van der Waals surface area (Å²) >= 11 is 0. The molecule has 1 aromatic carbocycles. The van der Waals surface area contributed by atoms with Crippen LogP contribution in [0.25, 0.3) is 11.3 Å². The van der Waals surface area contributed by atoms with Crippen LogP contribution in [-0.2, 0) is 0 Å². The zero-order chi connectivity index (χ0) is 20.2. The molecule has 29 heavy (non-hydrogen) atoms. The van der Waals surface area contributed by atoms with Crippen LogP contribution in [0.15, 0.2) is 59.5 Å². The van der Waals surface area contributed by atoms with E-state index in [2.05, 4.69) is 19.9 Å². The van der Waals surface area contributed by atoms with Gasteiger partial charge in [-0.05, 0) is 42.5 Å². The van der Waals surface area contributed by atoms with Crippen molar-refractivity contribution >= 4 is 11.7 Å². The van der Waals surface area contributed by atoms with Gasteiger partial charge in [0.05, 0.1) is 12.8 Å². The van der Waals surface area contributed by atoms with E-state index in [0.717, 1.165) is 11.4 Å². The molecule has 2 aromatic heterocycles. The number of hydrogen-bond acceptors (Lipinski definition) is 6. The Balaban J connectivity index is 1.50. The van der Waals surface area contributed by atoms with Crippen LogP contribution >= 0.6 is 0 Å². The molecule has 0 radical (unpaired) electrons. The first-order valence-corrected chi connectivity index (χ1v) is 9.35. The van der Waals surface area contributed by atoms with Gasteiger partial charge in [-0.1, -0.05) is 6.07 Å². The molecule has 1 amide bonds. The highest BCUT2D eigenvalue weighted by Gasteiger charge is 2.24. The normalized spacial score (nSPS) is 14.0. The van der Waals surface area contributed by atoms with Gasteiger partial charge in [-0.2, -0.15) is 4.98 Å². The number of H-pyrrole nitrogens is 1. The van der Waals surface area contributed by atoms with E-state index in [1.165, 1.54) is 0 Å². The summed E-state index contributed by atoms with van der Waals surface area (Å²) in [5.74, 6) is 1.40. The second-order valence-electron chi connectivity index (χ2n) is 6.68. The monoisotopic (exact) mass is 391 g/mol. The highest BCUT2D eigenvalue weighted by atomic mass is 16.5. The highest BCUT2D eigenvalue weighted by molar-refractivity contribution is 5.93. The maximum absolute atomic E-state index is 13.0. The predicted molar refractivity (Wildman–Crippen MR) is 109 cm³/mol. The Labute approximate surface area is 167 Å². The fourth-order valence-corrected chi connectivity index (χ4v) is 3.33. The number of benzene rings is 1. The van der Waals surface area contributed by atoms with Gasteiger partial charge in [0, 0.05) is 37.9 Å². The maximum atomic E-state index is 13.0. The minimum absolute atomic E-state index is 0.208. The Morgan fingerprint density at radius 2 is 1.83 bits per heavy atom. The van der Waals surface area contributed by atoms with Gasteiger partial charge in [-0.3, -0.25) is 4.79 Å². The molecule has 0 spiro atoms. The highest BCUT2D eigenvalue weighted by Crippen LogP contribution is 2.21. The number of aromatic amines is 1. The van der Waals surface area contributed by atoms with Crippen molar-refractivity contribution in [2.45, 2.75) is 0 Å². The Morgan fingerprint density at radius 1 is 1.07 bits per heavy atom. The van der Waals surface area contributed by atoms with Crippen molar-refractivity contribution in [3.05, 3.63) is 70.9 Å². The number of amides is 1. The molecular formula is C21H21N5O3. The Hall–Kier alpha value is -3.68. The van der Waals surface area contributed by atoms with Crippen LogP contribution in [0.3, 0.4) is 0 Å². The van der Waals surface area contributed by atoms with E-state index in [0.29, 0.717) is 37.6 Å². The molecule has 0 saturated carbocycles. The van der Waals surface area contributed by atoms with E-state index < -0.39 is 5.69 Å². The van der Waals surface area contributed by atoms with Crippen LogP contribution in [0.4, 0.5) is 5.82 Å². The smallest absolute Gasteiger partial charge is 0.346 e. The molecule has 0 aliphatic carbocycles. The van der Waals surface area contributed by atoms with Crippen molar-refractivity contribution in [3.8, 4) is 17.0 Å². The number of anilines is 1. The summed E-state index contributed by atoms with van der Waals surface area (Å²) in [7, 11) is 1.59. The van der Waals surface area contributed by atoms with Gasteiger partial charge in [0.2, 0.25) is 0 Å².